The normalized spacial score (nSPS) is 12.3. The summed E-state index contributed by atoms with van der Waals surface area (Å²) in [5, 5.41) is 0. The van der Waals surface area contributed by atoms with Gasteiger partial charge >= 0.3 is 0 Å². The average Bonchev–Trinajstić information content (AvgIpc) is 2.06. The lowest BCUT2D eigenvalue weighted by Gasteiger charge is -2.13. The van der Waals surface area contributed by atoms with Crippen molar-refractivity contribution in [3.05, 3.63) is 35.4 Å². The summed E-state index contributed by atoms with van der Waals surface area (Å²) in [6.07, 6.45) is 1.95. The largest absolute Gasteiger partial charge is 0.292 e. The van der Waals surface area contributed by atoms with Crippen LogP contribution in [0.5, 0.6) is 0 Å². The molecule has 1 aromatic rings. The third-order valence-electron chi connectivity index (χ3n) is 1.88. The third-order valence-corrected chi connectivity index (χ3v) is 1.88. The highest BCUT2D eigenvalue weighted by atomic mass is 14.7. The van der Waals surface area contributed by atoms with Gasteiger partial charge in [0, 0.05) is 12.8 Å². The van der Waals surface area contributed by atoms with E-state index in [1.165, 1.54) is 11.1 Å². The Balaban J connectivity index is 2.57. The van der Waals surface area contributed by atoms with Crippen molar-refractivity contribution in [1.29, 1.82) is 0 Å². The molecule has 0 aliphatic rings. The van der Waals surface area contributed by atoms with Gasteiger partial charge < -0.3 is 0 Å². The molecule has 0 fully saturated rings. The lowest BCUT2D eigenvalue weighted by atomic mass is 9.97. The zero-order valence-corrected chi connectivity index (χ0v) is 9.54. The Kier molecular flexibility index (Phi) is 3.45. The molecule has 0 N–H and O–H groups in total. The van der Waals surface area contributed by atoms with E-state index in [1.807, 2.05) is 6.21 Å². The summed E-state index contributed by atoms with van der Waals surface area (Å²) in [6, 6.07) is 8.42. The summed E-state index contributed by atoms with van der Waals surface area (Å²) in [7, 11) is 0. The summed E-state index contributed by atoms with van der Waals surface area (Å²) in [5.41, 5.74) is 2.75. The number of aliphatic imine (C=N–C) groups is 1. The molecule has 0 spiro atoms. The first-order chi connectivity index (χ1) is 6.47. The predicted octanol–water partition coefficient (Wildman–Crippen LogP) is 3.46. The first-order valence-electron chi connectivity index (χ1n) is 5.04. The first-order valence-corrected chi connectivity index (χ1v) is 5.04. The van der Waals surface area contributed by atoms with Crippen LogP contribution in [0, 0.1) is 12.3 Å². The lowest BCUT2D eigenvalue weighted by molar-refractivity contribution is 0.430. The number of hydrogen-bond donors (Lipinski definition) is 0. The monoisotopic (exact) mass is 189 g/mol. The van der Waals surface area contributed by atoms with E-state index < -0.39 is 0 Å². The van der Waals surface area contributed by atoms with Crippen molar-refractivity contribution in [2.75, 3.05) is 6.54 Å². The molecule has 1 aromatic carbocycles. The number of hydrogen-bond acceptors (Lipinski definition) is 1. The van der Waals surface area contributed by atoms with E-state index >= 15 is 0 Å². The molecule has 1 rings (SSSR count). The molecule has 1 heteroatoms. The molecule has 0 bridgehead atoms. The van der Waals surface area contributed by atoms with Crippen LogP contribution >= 0.6 is 0 Å². The zero-order valence-electron chi connectivity index (χ0n) is 9.54. The van der Waals surface area contributed by atoms with E-state index in [2.05, 4.69) is 57.0 Å². The molecular weight excluding hydrogens is 170 g/mol. The van der Waals surface area contributed by atoms with Crippen molar-refractivity contribution in [1.82, 2.24) is 0 Å². The summed E-state index contributed by atoms with van der Waals surface area (Å²) < 4.78 is 0. The Labute approximate surface area is 86.9 Å². The minimum atomic E-state index is 0.279. The van der Waals surface area contributed by atoms with Gasteiger partial charge in [0.05, 0.1) is 0 Å². The molecule has 0 aliphatic carbocycles. The Morgan fingerprint density at radius 3 is 2.21 bits per heavy atom. The molecule has 0 heterocycles. The number of benzene rings is 1. The van der Waals surface area contributed by atoms with Crippen molar-refractivity contribution in [3.63, 3.8) is 0 Å². The fourth-order valence-corrected chi connectivity index (χ4v) is 1.08. The van der Waals surface area contributed by atoms with Gasteiger partial charge in [0.1, 0.15) is 0 Å². The number of nitrogens with zero attached hydrogens (tertiary/aromatic N) is 1. The maximum atomic E-state index is 4.42. The minimum Gasteiger partial charge on any atom is -0.292 e. The molecule has 0 saturated carbocycles. The maximum Gasteiger partial charge on any atom is 0.0438 e. The number of aryl methyl sites for hydroxylation is 1. The molecule has 0 radical (unpaired) electrons. The van der Waals surface area contributed by atoms with Crippen LogP contribution in [0.3, 0.4) is 0 Å². The van der Waals surface area contributed by atoms with Crippen molar-refractivity contribution in [3.8, 4) is 0 Å². The van der Waals surface area contributed by atoms with Gasteiger partial charge in [0.25, 0.3) is 0 Å². The Bertz CT molecular complexity index is 301. The molecule has 0 aromatic heterocycles. The second-order valence-electron chi connectivity index (χ2n) is 4.94. The molecule has 1 nitrogen and oxygen atoms in total. The highest BCUT2D eigenvalue weighted by Gasteiger charge is 2.07. The molecule has 0 saturated heterocycles. The van der Waals surface area contributed by atoms with E-state index in [1.54, 1.807) is 0 Å². The fraction of sp³-hybridized carbons (Fsp3) is 0.462. The smallest absolute Gasteiger partial charge is 0.0438 e. The van der Waals surface area contributed by atoms with Gasteiger partial charge in [-0.15, -0.1) is 0 Å². The van der Waals surface area contributed by atoms with Crippen LogP contribution in [0.2, 0.25) is 0 Å². The topological polar surface area (TPSA) is 12.4 Å². The Morgan fingerprint density at radius 1 is 1.14 bits per heavy atom. The second kappa shape index (κ2) is 4.41. The standard InChI is InChI=1S/C13H19N/c1-11-5-7-12(8-6-11)9-14-10-13(2,3)4/h5-9H,10H2,1-4H3. The van der Waals surface area contributed by atoms with Crippen molar-refractivity contribution in [2.45, 2.75) is 27.7 Å². The quantitative estimate of drug-likeness (QED) is 0.632. The van der Waals surface area contributed by atoms with E-state index in [0.29, 0.717) is 0 Å². The number of rotatable bonds is 2. The van der Waals surface area contributed by atoms with Gasteiger partial charge in [-0.25, -0.2) is 0 Å². The van der Waals surface area contributed by atoms with Crippen LogP contribution in [0.1, 0.15) is 31.9 Å². The fourth-order valence-electron chi connectivity index (χ4n) is 1.08. The molecule has 0 unspecified atom stereocenters. The van der Waals surface area contributed by atoms with Crippen molar-refractivity contribution in [2.24, 2.45) is 10.4 Å². The Hall–Kier alpha value is -1.11. The molecule has 0 aliphatic heterocycles. The van der Waals surface area contributed by atoms with Crippen LogP contribution in [0.15, 0.2) is 29.3 Å². The highest BCUT2D eigenvalue weighted by Crippen LogP contribution is 2.12. The van der Waals surface area contributed by atoms with E-state index in [-0.39, 0.29) is 5.41 Å². The van der Waals surface area contributed by atoms with Gasteiger partial charge in [0.2, 0.25) is 0 Å². The third kappa shape index (κ3) is 4.22. The molecule has 76 valence electrons. The second-order valence-corrected chi connectivity index (χ2v) is 4.94. The van der Waals surface area contributed by atoms with Gasteiger partial charge in [0.15, 0.2) is 0 Å². The van der Waals surface area contributed by atoms with E-state index in [9.17, 15) is 0 Å². The van der Waals surface area contributed by atoms with Gasteiger partial charge in [-0.05, 0) is 17.9 Å². The van der Waals surface area contributed by atoms with Crippen LogP contribution in [-0.2, 0) is 0 Å². The van der Waals surface area contributed by atoms with Crippen molar-refractivity contribution >= 4 is 6.21 Å². The average molecular weight is 189 g/mol. The van der Waals surface area contributed by atoms with Crippen LogP contribution in [0.4, 0.5) is 0 Å². The van der Waals surface area contributed by atoms with Crippen LogP contribution in [-0.4, -0.2) is 12.8 Å². The maximum absolute atomic E-state index is 4.42. The van der Waals surface area contributed by atoms with Crippen molar-refractivity contribution < 1.29 is 0 Å². The zero-order chi connectivity index (χ0) is 10.6. The lowest BCUT2D eigenvalue weighted by Crippen LogP contribution is -2.09. The Morgan fingerprint density at radius 2 is 1.71 bits per heavy atom. The van der Waals surface area contributed by atoms with E-state index in [4.69, 9.17) is 0 Å². The molecule has 14 heavy (non-hydrogen) atoms. The molecule has 0 atom stereocenters. The summed E-state index contributed by atoms with van der Waals surface area (Å²) >= 11 is 0. The van der Waals surface area contributed by atoms with E-state index in [0.717, 1.165) is 6.54 Å². The van der Waals surface area contributed by atoms with Gasteiger partial charge in [-0.2, -0.15) is 0 Å². The molecular formula is C13H19N. The summed E-state index contributed by atoms with van der Waals surface area (Å²) in [5.74, 6) is 0. The first kappa shape index (κ1) is 11.0. The summed E-state index contributed by atoms with van der Waals surface area (Å²) in [6.45, 7) is 9.55. The van der Waals surface area contributed by atoms with Crippen LogP contribution in [0.25, 0.3) is 0 Å². The minimum absolute atomic E-state index is 0.279. The SMILES string of the molecule is Cc1ccc(C=NCC(C)(C)C)cc1. The highest BCUT2D eigenvalue weighted by molar-refractivity contribution is 5.79. The molecule has 0 amide bonds. The predicted molar refractivity (Wildman–Crippen MR) is 63.1 cm³/mol. The van der Waals surface area contributed by atoms with Gasteiger partial charge in [-0.3, -0.25) is 4.99 Å². The van der Waals surface area contributed by atoms with Crippen LogP contribution < -0.4 is 0 Å². The van der Waals surface area contributed by atoms with Gasteiger partial charge in [-0.1, -0.05) is 50.6 Å². The summed E-state index contributed by atoms with van der Waals surface area (Å²) in [4.78, 5) is 4.42.